The summed E-state index contributed by atoms with van der Waals surface area (Å²) in [4.78, 5) is 0. The summed E-state index contributed by atoms with van der Waals surface area (Å²) < 4.78 is 18.5. The number of hydrogen-bond donors (Lipinski definition) is 1. The summed E-state index contributed by atoms with van der Waals surface area (Å²) in [7, 11) is 1.50. The van der Waals surface area contributed by atoms with Crippen molar-refractivity contribution in [1.82, 2.24) is 0 Å². The molecule has 0 bridgehead atoms. The van der Waals surface area contributed by atoms with Gasteiger partial charge in [0, 0.05) is 22.1 Å². The van der Waals surface area contributed by atoms with Gasteiger partial charge in [-0.15, -0.1) is 11.8 Å². The Morgan fingerprint density at radius 2 is 2.19 bits per heavy atom. The number of methoxy groups -OCH3 is 1. The zero-order chi connectivity index (χ0) is 11.9. The molecule has 0 aromatic heterocycles. The molecule has 0 amide bonds. The van der Waals surface area contributed by atoms with Gasteiger partial charge in [-0.25, -0.2) is 4.39 Å². The number of thioether (sulfide) groups is 1. The lowest BCUT2D eigenvalue weighted by Crippen LogP contribution is -2.30. The van der Waals surface area contributed by atoms with Crippen molar-refractivity contribution in [2.45, 2.75) is 30.5 Å². The largest absolute Gasteiger partial charge is 0.497 e. The standard InChI is InChI=1S/C12H15FO2S/c1-12(2)11(14)8-4-7(15-3)5-10(13)9(8)6-16-12/h4-5,11,14H,6H2,1-3H3. The van der Waals surface area contributed by atoms with Gasteiger partial charge in [-0.1, -0.05) is 0 Å². The predicted octanol–water partition coefficient (Wildman–Crippen LogP) is 2.89. The first-order valence-electron chi connectivity index (χ1n) is 5.14. The van der Waals surface area contributed by atoms with Crippen molar-refractivity contribution in [3.05, 3.63) is 29.1 Å². The van der Waals surface area contributed by atoms with Crippen LogP contribution in [0.1, 0.15) is 31.1 Å². The zero-order valence-electron chi connectivity index (χ0n) is 9.58. The SMILES string of the molecule is COc1cc(F)c2c(c1)C(O)C(C)(C)SC2. The molecule has 1 atom stereocenters. The van der Waals surface area contributed by atoms with Crippen LogP contribution in [-0.2, 0) is 5.75 Å². The maximum Gasteiger partial charge on any atom is 0.131 e. The third-order valence-electron chi connectivity index (χ3n) is 2.98. The summed E-state index contributed by atoms with van der Waals surface area (Å²) in [5.41, 5.74) is 1.25. The van der Waals surface area contributed by atoms with Gasteiger partial charge in [0.1, 0.15) is 11.6 Å². The van der Waals surface area contributed by atoms with Crippen LogP contribution in [0.25, 0.3) is 0 Å². The molecule has 0 spiro atoms. The summed E-state index contributed by atoms with van der Waals surface area (Å²) in [5, 5.41) is 10.2. The topological polar surface area (TPSA) is 29.5 Å². The van der Waals surface area contributed by atoms with E-state index in [2.05, 4.69) is 0 Å². The first-order valence-corrected chi connectivity index (χ1v) is 6.12. The van der Waals surface area contributed by atoms with Gasteiger partial charge in [-0.2, -0.15) is 0 Å². The number of hydrogen-bond acceptors (Lipinski definition) is 3. The fourth-order valence-corrected chi connectivity index (χ4v) is 2.96. The van der Waals surface area contributed by atoms with E-state index >= 15 is 0 Å². The minimum absolute atomic E-state index is 0.286. The molecule has 0 fully saturated rings. The number of halogens is 1. The van der Waals surface area contributed by atoms with Gasteiger partial charge in [0.05, 0.1) is 13.2 Å². The van der Waals surface area contributed by atoms with Crippen molar-refractivity contribution in [1.29, 1.82) is 0 Å². The van der Waals surface area contributed by atoms with E-state index in [4.69, 9.17) is 4.74 Å². The number of aliphatic hydroxyl groups excluding tert-OH is 1. The molecule has 1 heterocycles. The summed E-state index contributed by atoms with van der Waals surface area (Å²) in [5.74, 6) is 0.754. The van der Waals surface area contributed by atoms with Crippen molar-refractivity contribution in [3.8, 4) is 5.75 Å². The van der Waals surface area contributed by atoms with Crippen LogP contribution in [0.2, 0.25) is 0 Å². The van der Waals surface area contributed by atoms with Crippen LogP contribution in [0.3, 0.4) is 0 Å². The van der Waals surface area contributed by atoms with Crippen molar-refractivity contribution in [2.75, 3.05) is 7.11 Å². The summed E-state index contributed by atoms with van der Waals surface area (Å²) in [6, 6.07) is 3.09. The Kier molecular flexibility index (Phi) is 2.88. The monoisotopic (exact) mass is 242 g/mol. The van der Waals surface area contributed by atoms with Crippen LogP contribution >= 0.6 is 11.8 Å². The maximum atomic E-state index is 13.7. The molecule has 2 nitrogen and oxygen atoms in total. The molecule has 0 radical (unpaired) electrons. The van der Waals surface area contributed by atoms with Crippen LogP contribution in [0.15, 0.2) is 12.1 Å². The van der Waals surface area contributed by atoms with Gasteiger partial charge in [0.15, 0.2) is 0 Å². The average molecular weight is 242 g/mol. The van der Waals surface area contributed by atoms with E-state index in [0.29, 0.717) is 22.6 Å². The first kappa shape index (κ1) is 11.7. The molecule has 1 unspecified atom stereocenters. The van der Waals surface area contributed by atoms with Crippen LogP contribution in [0, 0.1) is 5.82 Å². The van der Waals surface area contributed by atoms with Crippen molar-refractivity contribution in [2.24, 2.45) is 0 Å². The molecule has 0 saturated carbocycles. The van der Waals surface area contributed by atoms with Crippen LogP contribution in [0.5, 0.6) is 5.75 Å². The molecule has 1 aromatic rings. The number of rotatable bonds is 1. The molecule has 4 heteroatoms. The highest BCUT2D eigenvalue weighted by molar-refractivity contribution is 7.99. The van der Waals surface area contributed by atoms with Crippen molar-refractivity contribution < 1.29 is 14.2 Å². The third-order valence-corrected chi connectivity index (χ3v) is 4.38. The molecular formula is C12H15FO2S. The normalized spacial score (nSPS) is 22.7. The smallest absolute Gasteiger partial charge is 0.131 e. The zero-order valence-corrected chi connectivity index (χ0v) is 10.4. The van der Waals surface area contributed by atoms with E-state index in [0.717, 1.165) is 0 Å². The van der Waals surface area contributed by atoms with Gasteiger partial charge >= 0.3 is 0 Å². The van der Waals surface area contributed by atoms with E-state index in [1.165, 1.54) is 13.2 Å². The Balaban J connectivity index is 2.54. The first-order chi connectivity index (χ1) is 7.45. The molecule has 0 aliphatic carbocycles. The minimum Gasteiger partial charge on any atom is -0.497 e. The van der Waals surface area contributed by atoms with Crippen LogP contribution in [0.4, 0.5) is 4.39 Å². The Morgan fingerprint density at radius 3 is 2.81 bits per heavy atom. The van der Waals surface area contributed by atoms with E-state index in [-0.39, 0.29) is 10.6 Å². The van der Waals surface area contributed by atoms with E-state index in [9.17, 15) is 9.50 Å². The second kappa shape index (κ2) is 3.93. The predicted molar refractivity (Wildman–Crippen MR) is 63.3 cm³/mol. The van der Waals surface area contributed by atoms with E-state index < -0.39 is 6.10 Å². The van der Waals surface area contributed by atoms with E-state index in [1.807, 2.05) is 13.8 Å². The molecule has 1 aliphatic heterocycles. The summed E-state index contributed by atoms with van der Waals surface area (Å²) in [6.07, 6.45) is -0.661. The average Bonchev–Trinajstić information content (AvgIpc) is 2.24. The lowest BCUT2D eigenvalue weighted by atomic mass is 9.93. The highest BCUT2D eigenvalue weighted by atomic mass is 32.2. The Hall–Kier alpha value is -0.740. The van der Waals surface area contributed by atoms with Crippen LogP contribution < -0.4 is 4.74 Å². The second-order valence-electron chi connectivity index (χ2n) is 4.47. The molecule has 16 heavy (non-hydrogen) atoms. The number of ether oxygens (including phenoxy) is 1. The fraction of sp³-hybridized carbons (Fsp3) is 0.500. The maximum absolute atomic E-state index is 13.7. The molecule has 1 N–H and O–H groups in total. The molecule has 1 aliphatic rings. The highest BCUT2D eigenvalue weighted by Gasteiger charge is 2.36. The third kappa shape index (κ3) is 1.80. The van der Waals surface area contributed by atoms with Gasteiger partial charge in [0.25, 0.3) is 0 Å². The minimum atomic E-state index is -0.661. The second-order valence-corrected chi connectivity index (χ2v) is 6.10. The van der Waals surface area contributed by atoms with Crippen molar-refractivity contribution in [3.63, 3.8) is 0 Å². The van der Waals surface area contributed by atoms with Gasteiger partial charge < -0.3 is 9.84 Å². The van der Waals surface area contributed by atoms with Crippen molar-refractivity contribution >= 4 is 11.8 Å². The number of aliphatic hydroxyl groups is 1. The molecule has 1 aromatic carbocycles. The Morgan fingerprint density at radius 1 is 1.50 bits per heavy atom. The molecule has 88 valence electrons. The summed E-state index contributed by atoms with van der Waals surface area (Å²) >= 11 is 1.57. The number of benzene rings is 1. The molecule has 0 saturated heterocycles. The van der Waals surface area contributed by atoms with E-state index in [1.54, 1.807) is 17.8 Å². The van der Waals surface area contributed by atoms with Gasteiger partial charge in [-0.3, -0.25) is 0 Å². The fourth-order valence-electron chi connectivity index (χ4n) is 1.86. The van der Waals surface area contributed by atoms with Gasteiger partial charge in [0.2, 0.25) is 0 Å². The lowest BCUT2D eigenvalue weighted by Gasteiger charge is -2.36. The number of fused-ring (bicyclic) bond motifs is 1. The van der Waals surface area contributed by atoms with Gasteiger partial charge in [-0.05, 0) is 25.5 Å². The Labute approximate surface area is 98.8 Å². The quantitative estimate of drug-likeness (QED) is 0.821. The van der Waals surface area contributed by atoms with Crippen LogP contribution in [-0.4, -0.2) is 17.0 Å². The lowest BCUT2D eigenvalue weighted by molar-refractivity contribution is 0.140. The summed E-state index contributed by atoms with van der Waals surface area (Å²) in [6.45, 7) is 3.92. The highest BCUT2D eigenvalue weighted by Crippen LogP contribution is 2.47. The Bertz CT molecular complexity index is 418. The molecule has 2 rings (SSSR count). The molecular weight excluding hydrogens is 227 g/mol.